The van der Waals surface area contributed by atoms with Crippen LogP contribution in [0.5, 0.6) is 0 Å². The molecule has 7 heteroatoms. The molecule has 0 radical (unpaired) electrons. The number of carbonyl (C=O) groups excluding carboxylic acids is 2. The molecule has 0 saturated carbocycles. The van der Waals surface area contributed by atoms with Gasteiger partial charge in [-0.05, 0) is 25.0 Å². The zero-order valence-corrected chi connectivity index (χ0v) is 12.8. The number of nitrogens with zero attached hydrogens (tertiary/aromatic N) is 4. The molecule has 0 bridgehead atoms. The Morgan fingerprint density at radius 3 is 2.74 bits per heavy atom. The predicted octanol–water partition coefficient (Wildman–Crippen LogP) is 0.749. The Labute approximate surface area is 133 Å². The number of hydrogen-bond acceptors (Lipinski definition) is 5. The van der Waals surface area contributed by atoms with E-state index in [1.807, 2.05) is 0 Å². The van der Waals surface area contributed by atoms with Gasteiger partial charge in [-0.3, -0.25) is 24.5 Å². The fourth-order valence-corrected chi connectivity index (χ4v) is 3.06. The summed E-state index contributed by atoms with van der Waals surface area (Å²) in [6.07, 6.45) is 7.39. The van der Waals surface area contributed by atoms with Crippen LogP contribution in [0, 0.1) is 0 Å². The molecule has 1 fully saturated rings. The van der Waals surface area contributed by atoms with E-state index in [9.17, 15) is 9.59 Å². The average molecular weight is 311 g/mol. The second-order valence-corrected chi connectivity index (χ2v) is 5.31. The Balaban J connectivity index is 2.08. The van der Waals surface area contributed by atoms with Crippen LogP contribution >= 0.6 is 0 Å². The lowest BCUT2D eigenvalue weighted by Gasteiger charge is -2.35. The lowest BCUT2D eigenvalue weighted by atomic mass is 9.90. The molecule has 7 nitrogen and oxygen atoms in total. The van der Waals surface area contributed by atoms with E-state index >= 15 is 0 Å². The topological polar surface area (TPSA) is 88.1 Å². The summed E-state index contributed by atoms with van der Waals surface area (Å²) in [7, 11) is 1.56. The van der Waals surface area contributed by atoms with E-state index in [2.05, 4.69) is 20.3 Å². The number of likely N-dealkylation sites (tertiary alicyclic amines) is 1. The van der Waals surface area contributed by atoms with Crippen molar-refractivity contribution < 1.29 is 9.59 Å². The number of aromatic nitrogens is 3. The number of amides is 2. The van der Waals surface area contributed by atoms with Gasteiger partial charge in [0.25, 0.3) is 11.8 Å². The van der Waals surface area contributed by atoms with Gasteiger partial charge in [-0.1, -0.05) is 6.07 Å². The standard InChI is InChI=1S/C16H17N5O2/c1-17-15(23)16(13-11-18-8-9-20-13)6-4-10-21(16)14(22)12-5-2-3-7-19-12/h2-3,5,7-9,11H,4,6,10H2,1H3,(H,17,23)/t16-/m0/s1. The van der Waals surface area contributed by atoms with Crippen molar-refractivity contribution in [3.05, 3.63) is 54.4 Å². The van der Waals surface area contributed by atoms with E-state index in [0.29, 0.717) is 30.8 Å². The molecule has 2 amide bonds. The van der Waals surface area contributed by atoms with Gasteiger partial charge >= 0.3 is 0 Å². The molecule has 118 valence electrons. The summed E-state index contributed by atoms with van der Waals surface area (Å²) < 4.78 is 0. The van der Waals surface area contributed by atoms with Crippen molar-refractivity contribution in [1.82, 2.24) is 25.2 Å². The SMILES string of the molecule is CNC(=O)[C@@]1(c2cnccn2)CCCN1C(=O)c1ccccn1. The lowest BCUT2D eigenvalue weighted by Crippen LogP contribution is -2.55. The fraction of sp³-hybridized carbons (Fsp3) is 0.312. The zero-order chi connectivity index (χ0) is 16.3. The van der Waals surface area contributed by atoms with Crippen LogP contribution in [0.2, 0.25) is 0 Å². The molecule has 1 atom stereocenters. The second kappa shape index (κ2) is 6.12. The number of carbonyl (C=O) groups is 2. The van der Waals surface area contributed by atoms with Crippen LogP contribution in [0.25, 0.3) is 0 Å². The van der Waals surface area contributed by atoms with E-state index in [1.54, 1.807) is 48.7 Å². The van der Waals surface area contributed by atoms with Crippen molar-refractivity contribution in [2.24, 2.45) is 0 Å². The summed E-state index contributed by atoms with van der Waals surface area (Å²) in [5, 5.41) is 2.66. The smallest absolute Gasteiger partial charge is 0.273 e. The molecule has 2 aromatic heterocycles. The Morgan fingerprint density at radius 2 is 2.09 bits per heavy atom. The number of nitrogens with one attached hydrogen (secondary N) is 1. The average Bonchev–Trinajstić information content (AvgIpc) is 3.08. The highest BCUT2D eigenvalue weighted by Gasteiger charge is 2.52. The highest BCUT2D eigenvalue weighted by Crippen LogP contribution is 2.38. The van der Waals surface area contributed by atoms with Crippen molar-refractivity contribution in [2.45, 2.75) is 18.4 Å². The van der Waals surface area contributed by atoms with E-state index in [-0.39, 0.29) is 11.8 Å². The highest BCUT2D eigenvalue weighted by atomic mass is 16.2. The number of hydrogen-bond donors (Lipinski definition) is 1. The zero-order valence-electron chi connectivity index (χ0n) is 12.8. The van der Waals surface area contributed by atoms with Crippen LogP contribution in [-0.2, 0) is 10.3 Å². The summed E-state index contributed by atoms with van der Waals surface area (Å²) in [5.74, 6) is -0.544. The minimum absolute atomic E-state index is 0.264. The molecule has 23 heavy (non-hydrogen) atoms. The van der Waals surface area contributed by atoms with E-state index in [0.717, 1.165) is 0 Å². The first-order valence-corrected chi connectivity index (χ1v) is 7.42. The van der Waals surface area contributed by atoms with Crippen molar-refractivity contribution in [2.75, 3.05) is 13.6 Å². The quantitative estimate of drug-likeness (QED) is 0.903. The van der Waals surface area contributed by atoms with Gasteiger partial charge in [-0.2, -0.15) is 0 Å². The summed E-state index contributed by atoms with van der Waals surface area (Å²) in [5.41, 5.74) is -0.356. The first-order chi connectivity index (χ1) is 11.2. The molecule has 3 heterocycles. The first kappa shape index (κ1) is 15.1. The van der Waals surface area contributed by atoms with Crippen LogP contribution in [-0.4, -0.2) is 45.3 Å². The molecule has 1 N–H and O–H groups in total. The molecule has 0 aromatic carbocycles. The summed E-state index contributed by atoms with van der Waals surface area (Å²) in [6, 6.07) is 5.14. The van der Waals surface area contributed by atoms with Crippen molar-refractivity contribution in [1.29, 1.82) is 0 Å². The predicted molar refractivity (Wildman–Crippen MR) is 82.3 cm³/mol. The second-order valence-electron chi connectivity index (χ2n) is 5.31. The monoisotopic (exact) mass is 311 g/mol. The maximum atomic E-state index is 12.9. The van der Waals surface area contributed by atoms with E-state index in [4.69, 9.17) is 0 Å². The number of likely N-dealkylation sites (N-methyl/N-ethyl adjacent to an activating group) is 1. The number of rotatable bonds is 3. The summed E-state index contributed by atoms with van der Waals surface area (Å²) in [6.45, 7) is 0.472. The lowest BCUT2D eigenvalue weighted by molar-refractivity contribution is -0.131. The van der Waals surface area contributed by atoms with Gasteiger partial charge in [-0.25, -0.2) is 0 Å². The maximum absolute atomic E-state index is 12.9. The minimum Gasteiger partial charge on any atom is -0.357 e. The summed E-state index contributed by atoms with van der Waals surface area (Å²) >= 11 is 0. The largest absolute Gasteiger partial charge is 0.357 e. The van der Waals surface area contributed by atoms with Crippen molar-refractivity contribution >= 4 is 11.8 Å². The molecule has 1 saturated heterocycles. The van der Waals surface area contributed by atoms with Crippen LogP contribution in [0.1, 0.15) is 29.0 Å². The number of pyridine rings is 1. The molecule has 3 rings (SSSR count). The molecule has 0 aliphatic carbocycles. The normalized spacial score (nSPS) is 20.3. The van der Waals surface area contributed by atoms with Crippen LogP contribution in [0.3, 0.4) is 0 Å². The third-order valence-corrected chi connectivity index (χ3v) is 4.10. The van der Waals surface area contributed by atoms with Gasteiger partial charge in [0, 0.05) is 32.2 Å². The maximum Gasteiger partial charge on any atom is 0.273 e. The van der Waals surface area contributed by atoms with Gasteiger partial charge in [-0.15, -0.1) is 0 Å². The minimum atomic E-state index is -1.14. The molecule has 0 spiro atoms. The van der Waals surface area contributed by atoms with Gasteiger partial charge in [0.1, 0.15) is 5.69 Å². The van der Waals surface area contributed by atoms with Crippen LogP contribution < -0.4 is 5.32 Å². The molecular weight excluding hydrogens is 294 g/mol. The summed E-state index contributed by atoms with van der Waals surface area (Å²) in [4.78, 5) is 39.6. The van der Waals surface area contributed by atoms with E-state index in [1.165, 1.54) is 6.20 Å². The third-order valence-electron chi connectivity index (χ3n) is 4.10. The van der Waals surface area contributed by atoms with Crippen molar-refractivity contribution in [3.63, 3.8) is 0 Å². The van der Waals surface area contributed by atoms with Crippen LogP contribution in [0.4, 0.5) is 0 Å². The van der Waals surface area contributed by atoms with Crippen LogP contribution in [0.15, 0.2) is 43.0 Å². The third kappa shape index (κ3) is 2.44. The van der Waals surface area contributed by atoms with E-state index < -0.39 is 5.54 Å². The Morgan fingerprint density at radius 1 is 1.22 bits per heavy atom. The molecule has 1 aliphatic heterocycles. The Hall–Kier alpha value is -2.83. The van der Waals surface area contributed by atoms with Gasteiger partial charge < -0.3 is 10.2 Å². The van der Waals surface area contributed by atoms with Gasteiger partial charge in [0.2, 0.25) is 0 Å². The Bertz CT molecular complexity index is 707. The van der Waals surface area contributed by atoms with Gasteiger partial charge in [0.05, 0.1) is 11.9 Å². The van der Waals surface area contributed by atoms with Crippen molar-refractivity contribution in [3.8, 4) is 0 Å². The fourth-order valence-electron chi connectivity index (χ4n) is 3.06. The molecule has 0 unspecified atom stereocenters. The first-order valence-electron chi connectivity index (χ1n) is 7.42. The molecule has 1 aliphatic rings. The van der Waals surface area contributed by atoms with Gasteiger partial charge in [0.15, 0.2) is 5.54 Å². The Kier molecular flexibility index (Phi) is 4.01. The highest BCUT2D eigenvalue weighted by molar-refractivity contribution is 5.98. The molecular formula is C16H17N5O2. The molecule has 2 aromatic rings.